The van der Waals surface area contributed by atoms with E-state index in [9.17, 15) is 24.8 Å². The largest absolute Gasteiger partial charge is 0.392 e. The Morgan fingerprint density at radius 1 is 1.06 bits per heavy atom. The molecule has 238 valence electrons. The second-order valence-electron chi connectivity index (χ2n) is 12.3. The van der Waals surface area contributed by atoms with E-state index in [2.05, 4.69) is 16.4 Å². The van der Waals surface area contributed by atoms with E-state index in [0.717, 1.165) is 24.0 Å². The van der Waals surface area contributed by atoms with Gasteiger partial charge in [-0.2, -0.15) is 5.26 Å². The molecule has 11 nitrogen and oxygen atoms in total. The van der Waals surface area contributed by atoms with Crippen molar-refractivity contribution in [1.29, 1.82) is 5.26 Å². The van der Waals surface area contributed by atoms with E-state index >= 15 is 0 Å². The predicted octanol–water partition coefficient (Wildman–Crippen LogP) is 3.91. The molecule has 2 N–H and O–H groups in total. The number of nitrogens with one attached hydrogen (secondary N) is 1. The highest BCUT2D eigenvalue weighted by molar-refractivity contribution is 6.09. The molecule has 3 aliphatic rings. The van der Waals surface area contributed by atoms with Gasteiger partial charge in [-0.1, -0.05) is 24.3 Å². The summed E-state index contributed by atoms with van der Waals surface area (Å²) in [5, 5.41) is 23.4. The number of anilines is 3. The SMILES string of the molecule is Cn1cc(-c2cccc(N3CCc4cc(C5(C#N)CC5)ccc4C3=O)c2CO)cc(Nc2ccc(C(=O)N3CCOCC3)cn2)c1=O. The second-order valence-corrected chi connectivity index (χ2v) is 12.3. The van der Waals surface area contributed by atoms with E-state index in [4.69, 9.17) is 4.74 Å². The smallest absolute Gasteiger partial charge is 0.274 e. The van der Waals surface area contributed by atoms with E-state index in [1.165, 1.54) is 10.8 Å². The monoisotopic (exact) mass is 630 g/mol. The van der Waals surface area contributed by atoms with Gasteiger partial charge in [0.25, 0.3) is 17.4 Å². The van der Waals surface area contributed by atoms with Gasteiger partial charge in [-0.15, -0.1) is 0 Å². The van der Waals surface area contributed by atoms with Crippen molar-refractivity contribution < 1.29 is 19.4 Å². The van der Waals surface area contributed by atoms with Crippen LogP contribution in [0.1, 0.15) is 50.2 Å². The third-order valence-corrected chi connectivity index (χ3v) is 9.37. The zero-order chi connectivity index (χ0) is 32.7. The number of pyridine rings is 2. The van der Waals surface area contributed by atoms with Crippen molar-refractivity contribution in [3.8, 4) is 17.2 Å². The van der Waals surface area contributed by atoms with Crippen LogP contribution < -0.4 is 15.8 Å². The maximum atomic E-state index is 13.8. The lowest BCUT2D eigenvalue weighted by Gasteiger charge is -2.31. The summed E-state index contributed by atoms with van der Waals surface area (Å²) >= 11 is 0. The average Bonchev–Trinajstić information content (AvgIpc) is 3.92. The minimum atomic E-state index is -0.418. The van der Waals surface area contributed by atoms with E-state index < -0.39 is 5.41 Å². The summed E-state index contributed by atoms with van der Waals surface area (Å²) in [6, 6.07) is 18.7. The van der Waals surface area contributed by atoms with Gasteiger partial charge < -0.3 is 29.5 Å². The summed E-state index contributed by atoms with van der Waals surface area (Å²) in [6.07, 6.45) is 5.50. The van der Waals surface area contributed by atoms with Gasteiger partial charge in [-0.25, -0.2) is 4.98 Å². The predicted molar refractivity (Wildman–Crippen MR) is 176 cm³/mol. The molecular formula is C36H34N6O5. The van der Waals surface area contributed by atoms with Crippen molar-refractivity contribution in [1.82, 2.24) is 14.5 Å². The normalized spacial score (nSPS) is 16.7. The molecule has 2 aliphatic heterocycles. The Labute approximate surface area is 271 Å². The number of benzene rings is 2. The minimum Gasteiger partial charge on any atom is -0.392 e. The maximum Gasteiger partial charge on any atom is 0.274 e. The number of carbonyl (C=O) groups excluding carboxylic acids is 2. The molecule has 2 aromatic heterocycles. The zero-order valence-corrected chi connectivity index (χ0v) is 26.0. The van der Waals surface area contributed by atoms with Gasteiger partial charge in [0, 0.05) is 55.8 Å². The third kappa shape index (κ3) is 5.56. The Kier molecular flexibility index (Phi) is 7.83. The maximum absolute atomic E-state index is 13.8. The minimum absolute atomic E-state index is 0.118. The van der Waals surface area contributed by atoms with Gasteiger partial charge in [-0.3, -0.25) is 14.4 Å². The molecule has 2 aromatic carbocycles. The van der Waals surface area contributed by atoms with Gasteiger partial charge in [0.1, 0.15) is 11.5 Å². The first-order valence-electron chi connectivity index (χ1n) is 15.7. The molecule has 0 radical (unpaired) electrons. The molecule has 0 bridgehead atoms. The molecule has 0 unspecified atom stereocenters. The number of hydrogen-bond donors (Lipinski definition) is 2. The van der Waals surface area contributed by atoms with E-state index in [1.807, 2.05) is 36.4 Å². The summed E-state index contributed by atoms with van der Waals surface area (Å²) in [5.41, 5.74) is 5.05. The van der Waals surface area contributed by atoms with Gasteiger partial charge in [0.05, 0.1) is 42.6 Å². The summed E-state index contributed by atoms with van der Waals surface area (Å²) in [7, 11) is 1.65. The highest BCUT2D eigenvalue weighted by Crippen LogP contribution is 2.48. The molecule has 4 aromatic rings. The van der Waals surface area contributed by atoms with Crippen molar-refractivity contribution in [2.75, 3.05) is 43.1 Å². The van der Waals surface area contributed by atoms with E-state index in [1.54, 1.807) is 41.2 Å². The molecule has 4 heterocycles. The van der Waals surface area contributed by atoms with Crippen LogP contribution in [-0.2, 0) is 30.2 Å². The molecule has 11 heteroatoms. The molecule has 1 saturated carbocycles. The van der Waals surface area contributed by atoms with Crippen LogP contribution in [0.15, 0.2) is 71.8 Å². The molecule has 47 heavy (non-hydrogen) atoms. The summed E-state index contributed by atoms with van der Waals surface area (Å²) in [6.45, 7) is 2.18. The average molecular weight is 631 g/mol. The standard InChI is InChI=1S/C36H34N6O5/c1-40-20-25(18-30(35(40)46)39-32-8-5-24(19-38-32)33(44)41-13-15-47-16-14-41)27-3-2-4-31(29(27)21-43)42-12-9-23-17-26(36(22-37)10-11-36)6-7-28(23)34(42)45/h2-8,17-20,43H,9-16,21H2,1H3,(H,38,39). The Bertz CT molecular complexity index is 1990. The molecule has 2 amide bonds. The fourth-order valence-electron chi connectivity index (χ4n) is 6.50. The quantitative estimate of drug-likeness (QED) is 0.313. The number of fused-ring (bicyclic) bond motifs is 1. The first kappa shape index (κ1) is 30.3. The van der Waals surface area contributed by atoms with Gasteiger partial charge in [-0.05, 0) is 66.3 Å². The highest BCUT2D eigenvalue weighted by Gasteiger charge is 2.45. The molecule has 2 fully saturated rings. The lowest BCUT2D eigenvalue weighted by molar-refractivity contribution is 0.0302. The summed E-state index contributed by atoms with van der Waals surface area (Å²) < 4.78 is 6.78. The Balaban J connectivity index is 1.16. The van der Waals surface area contributed by atoms with Gasteiger partial charge >= 0.3 is 0 Å². The first-order chi connectivity index (χ1) is 22.8. The second kappa shape index (κ2) is 12.1. The topological polar surface area (TPSA) is 141 Å². The number of nitriles is 1. The van der Waals surface area contributed by atoms with Crippen LogP contribution in [0.2, 0.25) is 0 Å². The molecular weight excluding hydrogens is 596 g/mol. The van der Waals surface area contributed by atoms with Crippen molar-refractivity contribution in [3.05, 3.63) is 105 Å². The van der Waals surface area contributed by atoms with E-state index in [-0.39, 0.29) is 29.7 Å². The van der Waals surface area contributed by atoms with Crippen molar-refractivity contribution in [2.45, 2.75) is 31.3 Å². The number of morpholine rings is 1. The number of ether oxygens (including phenoxy) is 1. The number of hydrogen-bond acceptors (Lipinski definition) is 8. The Morgan fingerprint density at radius 3 is 2.57 bits per heavy atom. The lowest BCUT2D eigenvalue weighted by Crippen LogP contribution is -2.40. The molecule has 1 saturated heterocycles. The Hall–Kier alpha value is -5.31. The van der Waals surface area contributed by atoms with Crippen molar-refractivity contribution in [3.63, 3.8) is 0 Å². The number of rotatable bonds is 7. The number of aromatic nitrogens is 2. The fraction of sp³-hybridized carbons (Fsp3) is 0.306. The highest BCUT2D eigenvalue weighted by atomic mass is 16.5. The first-order valence-corrected chi connectivity index (χ1v) is 15.7. The lowest BCUT2D eigenvalue weighted by atomic mass is 9.89. The molecule has 1 aliphatic carbocycles. The van der Waals surface area contributed by atoms with Crippen LogP contribution >= 0.6 is 0 Å². The summed E-state index contributed by atoms with van der Waals surface area (Å²) in [4.78, 5) is 47.6. The number of aliphatic hydroxyl groups is 1. The molecule has 0 atom stereocenters. The van der Waals surface area contributed by atoms with Crippen LogP contribution in [0.25, 0.3) is 11.1 Å². The summed E-state index contributed by atoms with van der Waals surface area (Å²) in [5.74, 6) is 0.126. The fourth-order valence-corrected chi connectivity index (χ4v) is 6.50. The molecule has 0 spiro atoms. The van der Waals surface area contributed by atoms with Crippen molar-refractivity contribution in [2.24, 2.45) is 7.05 Å². The molecule has 7 rings (SSSR count). The number of nitrogens with zero attached hydrogens (tertiary/aromatic N) is 5. The van der Waals surface area contributed by atoms with E-state index in [0.29, 0.717) is 78.6 Å². The number of aryl methyl sites for hydroxylation is 1. The number of aliphatic hydroxyl groups excluding tert-OH is 1. The van der Waals surface area contributed by atoms with Crippen LogP contribution in [-0.4, -0.2) is 64.2 Å². The van der Waals surface area contributed by atoms with Crippen LogP contribution in [0.3, 0.4) is 0 Å². The number of amides is 2. The van der Waals surface area contributed by atoms with Gasteiger partial charge in [0.15, 0.2) is 0 Å². The van der Waals surface area contributed by atoms with Crippen molar-refractivity contribution >= 4 is 29.0 Å². The third-order valence-electron chi connectivity index (χ3n) is 9.37. The van der Waals surface area contributed by atoms with Crippen LogP contribution in [0.4, 0.5) is 17.2 Å². The van der Waals surface area contributed by atoms with Crippen LogP contribution in [0, 0.1) is 11.3 Å². The zero-order valence-electron chi connectivity index (χ0n) is 26.0. The number of carbonyl (C=O) groups is 2. The van der Waals surface area contributed by atoms with Gasteiger partial charge in [0.2, 0.25) is 0 Å². The van der Waals surface area contributed by atoms with Crippen LogP contribution in [0.5, 0.6) is 0 Å². The Morgan fingerprint density at radius 2 is 1.87 bits per heavy atom.